The van der Waals surface area contributed by atoms with Crippen LogP contribution in [0.5, 0.6) is 11.5 Å². The first-order chi connectivity index (χ1) is 14.4. The van der Waals surface area contributed by atoms with E-state index < -0.39 is 0 Å². The molecule has 0 spiro atoms. The molecule has 1 fully saturated rings. The average molecular weight is 425 g/mol. The smallest absolute Gasteiger partial charge is 0.290 e. The van der Waals surface area contributed by atoms with Crippen molar-refractivity contribution in [2.45, 2.75) is 6.61 Å². The summed E-state index contributed by atoms with van der Waals surface area (Å²) in [5, 5.41) is 2.32. The summed E-state index contributed by atoms with van der Waals surface area (Å²) in [5.74, 6) is 1.45. The van der Waals surface area contributed by atoms with Gasteiger partial charge in [0.1, 0.15) is 12.4 Å². The molecule has 3 aromatic rings. The molecule has 9 heteroatoms. The molecule has 8 nitrogen and oxygen atoms in total. The highest BCUT2D eigenvalue weighted by Crippen LogP contribution is 2.26. The second kappa shape index (κ2) is 9.27. The lowest BCUT2D eigenvalue weighted by Gasteiger charge is -2.12. The maximum atomic E-state index is 12.3. The molecule has 1 saturated heterocycles. The van der Waals surface area contributed by atoms with E-state index in [9.17, 15) is 14.4 Å². The molecule has 1 N–H and O–H groups in total. The van der Waals surface area contributed by atoms with Gasteiger partial charge in [-0.05, 0) is 36.0 Å². The van der Waals surface area contributed by atoms with E-state index in [1.54, 1.807) is 20.2 Å². The lowest BCUT2D eigenvalue weighted by atomic mass is 10.2. The van der Waals surface area contributed by atoms with Crippen molar-refractivity contribution >= 4 is 33.8 Å². The molecule has 30 heavy (non-hydrogen) atoms. The molecular formula is C21H19N3O5S. The van der Waals surface area contributed by atoms with Crippen LogP contribution in [0.15, 0.2) is 64.8 Å². The van der Waals surface area contributed by atoms with Crippen molar-refractivity contribution in [3.63, 3.8) is 0 Å². The molecular weight excluding hydrogens is 406 g/mol. The fourth-order valence-corrected chi connectivity index (χ4v) is 3.13. The molecule has 154 valence electrons. The van der Waals surface area contributed by atoms with Crippen LogP contribution in [0.3, 0.4) is 0 Å². The molecule has 4 rings (SSSR count). The fourth-order valence-electron chi connectivity index (χ4n) is 2.62. The number of nitrogens with zero attached hydrogens (tertiary/aromatic N) is 2. The Hall–Kier alpha value is -3.59. The number of carbonyl (C=O) groups is 2. The molecule has 0 saturated carbocycles. The molecule has 0 atom stereocenters. The van der Waals surface area contributed by atoms with Crippen molar-refractivity contribution in [3.8, 4) is 11.5 Å². The Morgan fingerprint density at radius 3 is 2.33 bits per heavy atom. The molecule has 0 unspecified atom stereocenters. The van der Waals surface area contributed by atoms with Crippen LogP contribution in [-0.2, 0) is 18.4 Å². The number of hydrogen-bond acceptors (Lipinski definition) is 7. The Morgan fingerprint density at radius 1 is 1.07 bits per heavy atom. The zero-order valence-electron chi connectivity index (χ0n) is 16.4. The first kappa shape index (κ1) is 21.1. The number of amides is 2. The zero-order chi connectivity index (χ0) is 21.7. The Balaban J connectivity index is 0.000000269. The molecule has 0 radical (unpaired) electrons. The van der Waals surface area contributed by atoms with Crippen LogP contribution >= 0.6 is 11.8 Å². The van der Waals surface area contributed by atoms with Crippen molar-refractivity contribution in [3.05, 3.63) is 76.2 Å². The van der Waals surface area contributed by atoms with Gasteiger partial charge < -0.3 is 9.47 Å². The summed E-state index contributed by atoms with van der Waals surface area (Å²) < 4.78 is 12.5. The van der Waals surface area contributed by atoms with Crippen molar-refractivity contribution in [2.75, 3.05) is 7.11 Å². The summed E-state index contributed by atoms with van der Waals surface area (Å²) in [6.07, 6.45) is 0. The number of carbonyl (C=O) groups excluding carboxylic acids is 2. The lowest BCUT2D eigenvalue weighted by molar-refractivity contribution is -0.115. The maximum absolute atomic E-state index is 12.3. The molecule has 0 bridgehead atoms. The second-order valence-electron chi connectivity index (χ2n) is 6.12. The van der Waals surface area contributed by atoms with E-state index in [0.29, 0.717) is 28.2 Å². The highest BCUT2D eigenvalue weighted by molar-refractivity contribution is 8.18. The van der Waals surface area contributed by atoms with E-state index >= 15 is 0 Å². The number of fused-ring (bicyclic) bond motifs is 1. The van der Waals surface area contributed by atoms with Crippen molar-refractivity contribution < 1.29 is 19.1 Å². The predicted octanol–water partition coefficient (Wildman–Crippen LogP) is 3.00. The fraction of sp³-hybridized carbons (Fsp3) is 0.143. The summed E-state index contributed by atoms with van der Waals surface area (Å²) in [5.41, 5.74) is 0.591. The Bertz CT molecular complexity index is 1170. The third-order valence-corrected chi connectivity index (χ3v) is 4.91. The highest BCUT2D eigenvalue weighted by Gasteiger charge is 2.22. The van der Waals surface area contributed by atoms with Gasteiger partial charge in [-0.15, -0.1) is 0 Å². The summed E-state index contributed by atoms with van der Waals surface area (Å²) >= 11 is 0.834. The monoisotopic (exact) mass is 425 g/mol. The van der Waals surface area contributed by atoms with Gasteiger partial charge in [-0.1, -0.05) is 30.8 Å². The van der Waals surface area contributed by atoms with Crippen molar-refractivity contribution in [1.29, 1.82) is 0 Å². The Morgan fingerprint density at radius 2 is 1.73 bits per heavy atom. The van der Waals surface area contributed by atoms with E-state index in [1.165, 1.54) is 4.57 Å². The number of imide groups is 1. The predicted molar refractivity (Wildman–Crippen MR) is 115 cm³/mol. The molecule has 2 aromatic carbocycles. The maximum Gasteiger partial charge on any atom is 0.290 e. The van der Waals surface area contributed by atoms with Gasteiger partial charge in [-0.2, -0.15) is 0 Å². The minimum Gasteiger partial charge on any atom is -0.493 e. The van der Waals surface area contributed by atoms with Gasteiger partial charge in [-0.25, -0.2) is 4.98 Å². The SMILES string of the molecule is C=C1SC(=O)NC1=O.COc1ccccc1OCc1nc2ccccc2c(=O)n1C. The van der Waals surface area contributed by atoms with Gasteiger partial charge in [0.25, 0.3) is 16.7 Å². The van der Waals surface area contributed by atoms with Crippen LogP contribution in [0.2, 0.25) is 0 Å². The van der Waals surface area contributed by atoms with Gasteiger partial charge in [0, 0.05) is 7.05 Å². The van der Waals surface area contributed by atoms with Crippen LogP contribution in [0.25, 0.3) is 10.9 Å². The third kappa shape index (κ3) is 4.69. The van der Waals surface area contributed by atoms with Crippen molar-refractivity contribution in [1.82, 2.24) is 14.9 Å². The van der Waals surface area contributed by atoms with Gasteiger partial charge in [0.2, 0.25) is 0 Å². The summed E-state index contributed by atoms with van der Waals surface area (Å²) in [6, 6.07) is 14.7. The normalized spacial score (nSPS) is 12.9. The Kier molecular flexibility index (Phi) is 6.53. The van der Waals surface area contributed by atoms with E-state index in [1.807, 2.05) is 42.5 Å². The van der Waals surface area contributed by atoms with Gasteiger partial charge in [-0.3, -0.25) is 24.3 Å². The molecule has 1 aromatic heterocycles. The molecule has 1 aliphatic heterocycles. The quantitative estimate of drug-likeness (QED) is 0.642. The summed E-state index contributed by atoms with van der Waals surface area (Å²) in [7, 11) is 3.29. The van der Waals surface area contributed by atoms with Crippen molar-refractivity contribution in [2.24, 2.45) is 7.05 Å². The molecule has 2 amide bonds. The average Bonchev–Trinajstić information content (AvgIpc) is 3.05. The number of hydrogen-bond donors (Lipinski definition) is 1. The zero-order valence-corrected chi connectivity index (χ0v) is 17.2. The number of ether oxygens (including phenoxy) is 2. The number of thioether (sulfide) groups is 1. The Labute approximate surface area is 176 Å². The van der Waals surface area contributed by atoms with E-state index in [2.05, 4.69) is 16.9 Å². The summed E-state index contributed by atoms with van der Waals surface area (Å²) in [4.78, 5) is 37.7. The van der Waals surface area contributed by atoms with Gasteiger partial charge in [0.15, 0.2) is 11.5 Å². The van der Waals surface area contributed by atoms with E-state index in [0.717, 1.165) is 11.8 Å². The molecule has 0 aliphatic carbocycles. The van der Waals surface area contributed by atoms with Crippen LogP contribution in [0, 0.1) is 0 Å². The number of nitrogens with one attached hydrogen (secondary N) is 1. The topological polar surface area (TPSA) is 99.5 Å². The lowest BCUT2D eigenvalue weighted by Crippen LogP contribution is -2.23. The van der Waals surface area contributed by atoms with E-state index in [4.69, 9.17) is 9.47 Å². The minimum atomic E-state index is -0.375. The number of methoxy groups -OCH3 is 1. The summed E-state index contributed by atoms with van der Waals surface area (Å²) in [6.45, 7) is 3.51. The minimum absolute atomic E-state index is 0.0794. The number of rotatable bonds is 4. The van der Waals surface area contributed by atoms with Gasteiger partial charge in [0.05, 0.1) is 22.9 Å². The number of benzene rings is 2. The number of para-hydroxylation sites is 3. The van der Waals surface area contributed by atoms with Crippen LogP contribution in [0.1, 0.15) is 5.82 Å². The largest absolute Gasteiger partial charge is 0.493 e. The second-order valence-corrected chi connectivity index (χ2v) is 7.18. The first-order valence-corrected chi connectivity index (χ1v) is 9.65. The van der Waals surface area contributed by atoms with Crippen LogP contribution < -0.4 is 20.3 Å². The van der Waals surface area contributed by atoms with Gasteiger partial charge >= 0.3 is 0 Å². The standard InChI is InChI=1S/C17H16N2O3.C4H3NO2S/c1-19-16(11-22-15-10-6-5-9-14(15)21-2)18-13-8-4-3-7-12(13)17(19)20;1-2-3(6)5-4(7)8-2/h3-10H,11H2,1-2H3;1H2,(H,5,6,7). The van der Waals surface area contributed by atoms with Crippen LogP contribution in [0.4, 0.5) is 4.79 Å². The molecule has 1 aliphatic rings. The number of aromatic nitrogens is 2. The van der Waals surface area contributed by atoms with E-state index in [-0.39, 0.29) is 28.2 Å². The first-order valence-electron chi connectivity index (χ1n) is 8.83. The molecule has 2 heterocycles. The van der Waals surface area contributed by atoms with Crippen LogP contribution in [-0.4, -0.2) is 27.8 Å². The third-order valence-electron chi connectivity index (χ3n) is 4.19. The highest BCUT2D eigenvalue weighted by atomic mass is 32.2.